The molecular weight excluding hydrogens is 638 g/mol. The van der Waals surface area contributed by atoms with Crippen molar-refractivity contribution < 1.29 is 18.6 Å². The van der Waals surface area contributed by atoms with E-state index < -0.39 is 18.6 Å². The fraction of sp³-hybridized carbons (Fsp3) is 0.0667. The Kier molecular flexibility index (Phi) is 7.64. The van der Waals surface area contributed by atoms with E-state index in [1.165, 1.54) is 27.8 Å². The van der Waals surface area contributed by atoms with Gasteiger partial charge in [0.2, 0.25) is 0 Å². The van der Waals surface area contributed by atoms with Crippen molar-refractivity contribution in [2.24, 2.45) is 0 Å². The second-order valence-corrected chi connectivity index (χ2v) is 31.1. The molecule has 0 aliphatic heterocycles. The van der Waals surface area contributed by atoms with Crippen LogP contribution in [0.1, 0.15) is 26.8 Å². The van der Waals surface area contributed by atoms with Gasteiger partial charge in [0, 0.05) is 0 Å². The van der Waals surface area contributed by atoms with Gasteiger partial charge >= 0.3 is 197 Å². The Hall–Kier alpha value is -1.97. The maximum absolute atomic E-state index is 3.37. The van der Waals surface area contributed by atoms with Crippen molar-refractivity contribution >= 4 is 44.0 Å². The molecule has 0 saturated heterocycles. The van der Waals surface area contributed by atoms with Crippen molar-refractivity contribution in [2.75, 3.05) is 0 Å². The molecule has 0 nitrogen and oxygen atoms in total. The van der Waals surface area contributed by atoms with Crippen LogP contribution in [0, 0.1) is 0 Å². The molecule has 1 unspecified atom stereocenters. The first kappa shape index (κ1) is 25.1. The molecule has 0 saturated carbocycles. The van der Waals surface area contributed by atoms with Crippen LogP contribution in [0.15, 0.2) is 121 Å². The minimum atomic E-state index is -3.37. The number of rotatable bonds is 4. The molecule has 4 aromatic rings. The second kappa shape index (κ2) is 10.3. The summed E-state index contributed by atoms with van der Waals surface area (Å²) < 4.78 is 3.64. The molecule has 0 amide bonds. The van der Waals surface area contributed by atoms with Crippen LogP contribution < -0.4 is 6.64 Å². The zero-order valence-electron chi connectivity index (χ0n) is 18.9. The predicted octanol–water partition coefficient (Wildman–Crippen LogP) is 6.30. The van der Waals surface area contributed by atoms with Gasteiger partial charge in [-0.2, -0.15) is 0 Å². The minimum absolute atomic E-state index is 0. The van der Waals surface area contributed by atoms with E-state index in [9.17, 15) is 0 Å². The quantitative estimate of drug-likeness (QED) is 0.225. The molecule has 0 fully saturated rings. The summed E-state index contributed by atoms with van der Waals surface area (Å²) in [6.07, 6.45) is 7.85. The third-order valence-electron chi connectivity index (χ3n) is 7.14. The first-order chi connectivity index (χ1) is 15.8. The van der Waals surface area contributed by atoms with Crippen molar-refractivity contribution in [1.29, 1.82) is 0 Å². The zero-order chi connectivity index (χ0) is 21.5. The van der Waals surface area contributed by atoms with Gasteiger partial charge in [0.05, 0.1) is 0 Å². The van der Waals surface area contributed by atoms with Gasteiger partial charge in [-0.1, -0.05) is 0 Å². The van der Waals surface area contributed by atoms with Crippen molar-refractivity contribution in [2.45, 2.75) is 10.1 Å². The summed E-state index contributed by atoms with van der Waals surface area (Å²) in [7, 11) is 0. The third-order valence-corrected chi connectivity index (χ3v) is 32.7. The van der Waals surface area contributed by atoms with Gasteiger partial charge in [-0.15, -0.1) is 24.8 Å². The molecule has 0 spiro atoms. The normalized spacial score (nSPS) is 15.5. The van der Waals surface area contributed by atoms with Gasteiger partial charge in [0.15, 0.2) is 0 Å². The molecule has 0 radical (unpaired) electrons. The predicted molar refractivity (Wildman–Crippen MR) is 151 cm³/mol. The summed E-state index contributed by atoms with van der Waals surface area (Å²) in [5.74, 6) is 0. The summed E-state index contributed by atoms with van der Waals surface area (Å²) >= 11 is -3.37. The van der Waals surface area contributed by atoms with E-state index >= 15 is 0 Å². The zero-order valence-corrected chi connectivity index (χ0v) is 25.5. The van der Waals surface area contributed by atoms with Gasteiger partial charge in [-0.25, -0.2) is 0 Å². The topological polar surface area (TPSA) is 0 Å². The molecule has 169 valence electrons. The van der Waals surface area contributed by atoms with Crippen LogP contribution in [0.3, 0.4) is 0 Å². The molecule has 2 aliphatic carbocycles. The summed E-state index contributed by atoms with van der Waals surface area (Å²) in [5.41, 5.74) is 8.90. The average Bonchev–Trinajstić information content (AvgIpc) is 3.51. The van der Waals surface area contributed by atoms with E-state index in [-0.39, 0.29) is 24.8 Å². The van der Waals surface area contributed by atoms with Crippen molar-refractivity contribution in [3.63, 3.8) is 0 Å². The molecule has 2 aliphatic rings. The molecule has 1 atom stereocenters. The van der Waals surface area contributed by atoms with E-state index in [4.69, 9.17) is 0 Å². The third kappa shape index (κ3) is 3.95. The molecule has 4 aromatic carbocycles. The van der Waals surface area contributed by atoms with Crippen LogP contribution in [0.2, 0.25) is 0 Å². The number of hydrogen-bond donors (Lipinski definition) is 0. The Labute approximate surface area is 220 Å². The fourth-order valence-corrected chi connectivity index (χ4v) is 27.9. The van der Waals surface area contributed by atoms with Crippen LogP contribution >= 0.6 is 24.8 Å². The molecular formula is C30H27Cl2HfSi. The van der Waals surface area contributed by atoms with Gasteiger partial charge in [-0.05, 0) is 0 Å². The van der Waals surface area contributed by atoms with E-state index in [0.29, 0.717) is 3.67 Å². The number of benzene rings is 4. The summed E-state index contributed by atoms with van der Waals surface area (Å²) in [4.78, 5) is 0. The maximum atomic E-state index is 2.40. The standard InChI is InChI=1S/C18H13.2C6H5.2ClH.Hf.H2Si/c1-2-7-13(6-1)15-10-5-11-17-16-9-4-3-8-14(16)12-18(15)17;2*1-2-4-6-5-3-1;;;;/h1-6,8-12H,7H2;2*1-5H;2*1H;;1H2. The monoisotopic (exact) mass is 665 g/mol. The van der Waals surface area contributed by atoms with Gasteiger partial charge in [0.1, 0.15) is 0 Å². The summed E-state index contributed by atoms with van der Waals surface area (Å²) in [6, 6.07) is 39.0. The van der Waals surface area contributed by atoms with Gasteiger partial charge < -0.3 is 0 Å². The molecule has 34 heavy (non-hydrogen) atoms. The molecule has 6 rings (SSSR count). The second-order valence-electron chi connectivity index (χ2n) is 8.81. The van der Waals surface area contributed by atoms with Crippen LogP contribution in [-0.2, 0) is 18.6 Å². The van der Waals surface area contributed by atoms with E-state index in [1.807, 2.05) is 0 Å². The molecule has 0 N–H and O–H groups in total. The van der Waals surface area contributed by atoms with Crippen LogP contribution in [0.5, 0.6) is 0 Å². The number of halogens is 2. The van der Waals surface area contributed by atoms with E-state index in [2.05, 4.69) is 128 Å². The van der Waals surface area contributed by atoms with Crippen molar-refractivity contribution in [3.05, 3.63) is 138 Å². The summed E-state index contributed by atoms with van der Waals surface area (Å²) in [6.45, 7) is 2.37. The summed E-state index contributed by atoms with van der Waals surface area (Å²) in [5, 5.41) is 0. The Balaban J connectivity index is 0.00000137. The van der Waals surface area contributed by atoms with Crippen LogP contribution in [-0.4, -0.2) is 6.94 Å². The van der Waals surface area contributed by atoms with Crippen LogP contribution in [0.4, 0.5) is 0 Å². The Morgan fingerprint density at radius 3 is 1.79 bits per heavy atom. The Morgan fingerprint density at radius 1 is 0.618 bits per heavy atom. The molecule has 0 heterocycles. The van der Waals surface area contributed by atoms with Crippen molar-refractivity contribution in [1.82, 2.24) is 0 Å². The van der Waals surface area contributed by atoms with Crippen molar-refractivity contribution in [3.8, 4) is 11.1 Å². The molecule has 0 aromatic heterocycles. The fourth-order valence-electron chi connectivity index (χ4n) is 5.67. The Morgan fingerprint density at radius 2 is 1.18 bits per heavy atom. The Bertz CT molecular complexity index is 1380. The SMILES string of the molecule is Cl.Cl.[SiH2]=[Hf]([c]1ccccc1)([c]1ccccc1)[CH]1c2ccccc2-c2cccc(C3=CC=CC3)c21. The first-order valence-corrected chi connectivity index (χ1v) is 25.3. The number of hydrogen-bond acceptors (Lipinski definition) is 0. The first-order valence-electron chi connectivity index (χ1n) is 11.3. The van der Waals surface area contributed by atoms with Gasteiger partial charge in [0.25, 0.3) is 0 Å². The molecule has 0 bridgehead atoms. The molecule has 4 heteroatoms. The van der Waals surface area contributed by atoms with E-state index in [0.717, 1.165) is 6.42 Å². The van der Waals surface area contributed by atoms with Crippen LogP contribution in [0.25, 0.3) is 16.7 Å². The number of fused-ring (bicyclic) bond motifs is 3. The average molecular weight is 665 g/mol. The van der Waals surface area contributed by atoms with E-state index in [1.54, 1.807) is 12.2 Å². The van der Waals surface area contributed by atoms with Gasteiger partial charge in [-0.3, -0.25) is 0 Å². The number of allylic oxidation sites excluding steroid dienone is 4.